The number of rotatable bonds is 3. The van der Waals surface area contributed by atoms with E-state index in [9.17, 15) is 0 Å². The Kier molecular flexibility index (Phi) is 4.03. The van der Waals surface area contributed by atoms with E-state index in [1.165, 1.54) is 32.7 Å². The molecule has 0 aromatic heterocycles. The topological polar surface area (TPSA) is 12.4 Å². The molecule has 0 unspecified atom stereocenters. The summed E-state index contributed by atoms with van der Waals surface area (Å²) in [5, 5.41) is 7.01. The van der Waals surface area contributed by atoms with E-state index in [0.29, 0.717) is 11.8 Å². The quantitative estimate of drug-likeness (QED) is 0.431. The molecule has 0 aliphatic heterocycles. The van der Waals surface area contributed by atoms with Crippen LogP contribution < -0.4 is 10.6 Å². The summed E-state index contributed by atoms with van der Waals surface area (Å²) in [6.45, 7) is 13.3. The second-order valence-corrected chi connectivity index (χ2v) is 7.74. The van der Waals surface area contributed by atoms with Crippen LogP contribution in [0.25, 0.3) is 28.1 Å². The zero-order valence-corrected chi connectivity index (χ0v) is 16.0. The molecule has 0 saturated heterocycles. The van der Waals surface area contributed by atoms with Crippen molar-refractivity contribution < 1.29 is 0 Å². The van der Waals surface area contributed by atoms with E-state index >= 15 is 0 Å². The molecule has 0 spiro atoms. The minimum atomic E-state index is 0.431. The maximum absolute atomic E-state index is 5.24. The third-order valence-electron chi connectivity index (χ3n) is 5.34. The lowest BCUT2D eigenvalue weighted by Gasteiger charge is -2.16. The number of nitrogens with zero attached hydrogens (tertiary/aromatic N) is 1. The van der Waals surface area contributed by atoms with Gasteiger partial charge in [0.25, 0.3) is 0 Å². The van der Waals surface area contributed by atoms with Gasteiger partial charge in [0.2, 0.25) is 0 Å². The molecule has 0 aliphatic carbocycles. The fourth-order valence-corrected chi connectivity index (χ4v) is 3.96. The molecule has 0 atom stereocenters. The van der Waals surface area contributed by atoms with Crippen molar-refractivity contribution in [1.29, 1.82) is 0 Å². The number of para-hydroxylation sites is 1. The third-order valence-corrected chi connectivity index (χ3v) is 5.34. The van der Waals surface area contributed by atoms with Gasteiger partial charge in [0.15, 0.2) is 0 Å². The maximum atomic E-state index is 5.24. The molecule has 4 rings (SSSR count). The van der Waals surface area contributed by atoms with Crippen molar-refractivity contribution >= 4 is 33.8 Å². The molecule has 1 heteroatoms. The van der Waals surface area contributed by atoms with Crippen LogP contribution in [-0.4, -0.2) is 0 Å². The van der Waals surface area contributed by atoms with E-state index in [-0.39, 0.29) is 0 Å². The van der Waals surface area contributed by atoms with Gasteiger partial charge >= 0.3 is 0 Å². The smallest absolute Gasteiger partial charge is 0.0788 e. The lowest BCUT2D eigenvalue weighted by Crippen LogP contribution is -2.19. The first-order valence-electron chi connectivity index (χ1n) is 9.42. The zero-order valence-electron chi connectivity index (χ0n) is 16.0. The molecule has 26 heavy (non-hydrogen) atoms. The highest BCUT2D eigenvalue weighted by Gasteiger charge is 2.14. The van der Waals surface area contributed by atoms with Crippen molar-refractivity contribution in [3.05, 3.63) is 76.3 Å². The van der Waals surface area contributed by atoms with Crippen LogP contribution in [0.3, 0.4) is 0 Å². The zero-order chi connectivity index (χ0) is 18.4. The maximum Gasteiger partial charge on any atom is 0.0788 e. The molecule has 0 radical (unpaired) electrons. The van der Waals surface area contributed by atoms with Crippen molar-refractivity contribution in [2.75, 3.05) is 0 Å². The summed E-state index contributed by atoms with van der Waals surface area (Å²) in [5.74, 6) is 0.863. The van der Waals surface area contributed by atoms with Gasteiger partial charge in [-0.3, -0.25) is 0 Å². The fourth-order valence-electron chi connectivity index (χ4n) is 3.96. The van der Waals surface area contributed by atoms with E-state index in [0.717, 1.165) is 16.3 Å². The average Bonchev–Trinajstić information content (AvgIpc) is 2.90. The molecule has 1 nitrogen and oxygen atoms in total. The Hall–Kier alpha value is -2.67. The summed E-state index contributed by atoms with van der Waals surface area (Å²) in [6, 6.07) is 19.5. The molecule has 0 fully saturated rings. The standard InChI is InChI=1S/C25H25N/c1-15(2)19-11-8-12-20(16(3)4)25(19)26-24-17(5)21-13-6-9-18-10-7-14-22(24)23(18)21/h6-16H,5H2,1-4H3/b26-24-. The van der Waals surface area contributed by atoms with Gasteiger partial charge in [-0.05, 0) is 39.1 Å². The number of hydrogen-bond acceptors (Lipinski definition) is 1. The predicted molar refractivity (Wildman–Crippen MR) is 113 cm³/mol. The van der Waals surface area contributed by atoms with Gasteiger partial charge in [-0.15, -0.1) is 0 Å². The van der Waals surface area contributed by atoms with Crippen LogP contribution in [0.15, 0.2) is 59.6 Å². The van der Waals surface area contributed by atoms with Gasteiger partial charge in [0, 0.05) is 10.6 Å². The van der Waals surface area contributed by atoms with Crippen molar-refractivity contribution in [1.82, 2.24) is 0 Å². The Morgan fingerprint density at radius 2 is 1.27 bits per heavy atom. The molecule has 4 aromatic rings. The van der Waals surface area contributed by atoms with E-state index in [4.69, 9.17) is 4.99 Å². The highest BCUT2D eigenvalue weighted by atomic mass is 14.7. The predicted octanol–water partition coefficient (Wildman–Crippen LogP) is 6.04. The molecule has 0 saturated carbocycles. The van der Waals surface area contributed by atoms with Crippen LogP contribution >= 0.6 is 0 Å². The highest BCUT2D eigenvalue weighted by Crippen LogP contribution is 2.34. The minimum absolute atomic E-state index is 0.431. The van der Waals surface area contributed by atoms with Gasteiger partial charge in [0.05, 0.1) is 11.0 Å². The Balaban J connectivity index is 2.16. The van der Waals surface area contributed by atoms with Crippen LogP contribution in [-0.2, 0) is 0 Å². The second-order valence-electron chi connectivity index (χ2n) is 7.74. The lowest BCUT2D eigenvalue weighted by molar-refractivity contribution is 0.832. The second kappa shape index (κ2) is 6.25. The average molecular weight is 339 g/mol. The Labute approximate surface area is 155 Å². The van der Waals surface area contributed by atoms with Crippen LogP contribution in [0.1, 0.15) is 50.7 Å². The Morgan fingerprint density at radius 1 is 0.731 bits per heavy atom. The van der Waals surface area contributed by atoms with Crippen LogP contribution in [0.2, 0.25) is 0 Å². The van der Waals surface area contributed by atoms with Crippen LogP contribution in [0, 0.1) is 0 Å². The minimum Gasteiger partial charge on any atom is -0.247 e. The number of hydrogen-bond donors (Lipinski definition) is 0. The molecule has 0 bridgehead atoms. The summed E-state index contributed by atoms with van der Waals surface area (Å²) < 4.78 is 0. The summed E-state index contributed by atoms with van der Waals surface area (Å²) in [5.41, 5.74) is 3.73. The lowest BCUT2D eigenvalue weighted by atomic mass is 9.93. The summed E-state index contributed by atoms with van der Waals surface area (Å²) >= 11 is 0. The highest BCUT2D eigenvalue weighted by molar-refractivity contribution is 6.11. The van der Waals surface area contributed by atoms with Crippen LogP contribution in [0.4, 0.5) is 5.69 Å². The van der Waals surface area contributed by atoms with Gasteiger partial charge < -0.3 is 0 Å². The largest absolute Gasteiger partial charge is 0.247 e. The normalized spacial score (nSPS) is 12.9. The van der Waals surface area contributed by atoms with Crippen molar-refractivity contribution in [2.45, 2.75) is 39.5 Å². The molecule has 0 amide bonds. The Bertz CT molecular complexity index is 1170. The molecule has 0 aliphatic rings. The summed E-state index contributed by atoms with van der Waals surface area (Å²) in [7, 11) is 0. The van der Waals surface area contributed by atoms with E-state index in [2.05, 4.69) is 88.9 Å². The van der Waals surface area contributed by atoms with Gasteiger partial charge in [-0.1, -0.05) is 88.9 Å². The van der Waals surface area contributed by atoms with Crippen molar-refractivity contribution in [2.24, 2.45) is 4.99 Å². The van der Waals surface area contributed by atoms with E-state index < -0.39 is 0 Å². The van der Waals surface area contributed by atoms with Crippen LogP contribution in [0.5, 0.6) is 0 Å². The summed E-state index contributed by atoms with van der Waals surface area (Å²) in [6.07, 6.45) is 0. The molecular weight excluding hydrogens is 314 g/mol. The fraction of sp³-hybridized carbons (Fsp3) is 0.240. The first-order chi connectivity index (χ1) is 12.5. The SMILES string of the molecule is C=c1/c(=N/c2c(C(C)C)cccc2C(C)C)c2cccc3cccc1c32. The molecule has 0 heterocycles. The summed E-state index contributed by atoms with van der Waals surface area (Å²) in [4.78, 5) is 5.24. The first-order valence-corrected chi connectivity index (χ1v) is 9.42. The van der Waals surface area contributed by atoms with Crippen molar-refractivity contribution in [3.63, 3.8) is 0 Å². The van der Waals surface area contributed by atoms with Gasteiger partial charge in [-0.25, -0.2) is 4.99 Å². The molecule has 0 N–H and O–H groups in total. The molecule has 130 valence electrons. The van der Waals surface area contributed by atoms with E-state index in [1.54, 1.807) is 0 Å². The van der Waals surface area contributed by atoms with Gasteiger partial charge in [0.1, 0.15) is 0 Å². The van der Waals surface area contributed by atoms with Gasteiger partial charge in [-0.2, -0.15) is 0 Å². The number of benzene rings is 3. The third kappa shape index (κ3) is 2.50. The molecular formula is C25H25N. The molecule has 4 aromatic carbocycles. The van der Waals surface area contributed by atoms with E-state index in [1.807, 2.05) is 0 Å². The Morgan fingerprint density at radius 3 is 1.85 bits per heavy atom. The monoisotopic (exact) mass is 339 g/mol. The first kappa shape index (κ1) is 16.8. The van der Waals surface area contributed by atoms with Crippen molar-refractivity contribution in [3.8, 4) is 0 Å².